The number of pyridine rings is 1. The van der Waals surface area contributed by atoms with Crippen LogP contribution >= 0.6 is 11.6 Å². The zero-order valence-electron chi connectivity index (χ0n) is 12.5. The van der Waals surface area contributed by atoms with Crippen molar-refractivity contribution in [1.29, 1.82) is 0 Å². The maximum absolute atomic E-state index is 6.04. The maximum atomic E-state index is 6.04. The van der Waals surface area contributed by atoms with Crippen LogP contribution in [0.2, 0.25) is 5.02 Å². The lowest BCUT2D eigenvalue weighted by atomic mass is 10.1. The third-order valence-corrected chi connectivity index (χ3v) is 4.53. The molecule has 2 saturated carbocycles. The summed E-state index contributed by atoms with van der Waals surface area (Å²) in [5.41, 5.74) is 3.78. The highest BCUT2D eigenvalue weighted by Crippen LogP contribution is 2.42. The average molecular weight is 314 g/mol. The fourth-order valence-electron chi connectivity index (χ4n) is 2.75. The summed E-state index contributed by atoms with van der Waals surface area (Å²) >= 11 is 6.04. The molecule has 114 valence electrons. The van der Waals surface area contributed by atoms with Crippen molar-refractivity contribution in [3.63, 3.8) is 0 Å². The number of hydrogen-bond acceptors (Lipinski definition) is 3. The van der Waals surface area contributed by atoms with Gasteiger partial charge in [0.2, 0.25) is 0 Å². The summed E-state index contributed by atoms with van der Waals surface area (Å²) in [6.45, 7) is 0.945. The topological polar surface area (TPSA) is 37.0 Å². The van der Waals surface area contributed by atoms with Gasteiger partial charge in [-0.05, 0) is 67.0 Å². The van der Waals surface area contributed by atoms with E-state index in [0.717, 1.165) is 35.0 Å². The highest BCUT2D eigenvalue weighted by molar-refractivity contribution is 6.30. The molecule has 0 amide bonds. The van der Waals surface area contributed by atoms with Crippen molar-refractivity contribution < 1.29 is 0 Å². The lowest BCUT2D eigenvalue weighted by Gasteiger charge is -2.13. The van der Waals surface area contributed by atoms with Gasteiger partial charge in [-0.25, -0.2) is 4.98 Å². The molecule has 1 aromatic carbocycles. The van der Waals surface area contributed by atoms with Crippen molar-refractivity contribution in [1.82, 2.24) is 10.3 Å². The van der Waals surface area contributed by atoms with Crippen molar-refractivity contribution >= 4 is 23.1 Å². The van der Waals surface area contributed by atoms with Crippen molar-refractivity contribution in [2.45, 2.75) is 44.2 Å². The van der Waals surface area contributed by atoms with Crippen LogP contribution in [0.3, 0.4) is 0 Å². The second-order valence-electron chi connectivity index (χ2n) is 6.33. The molecule has 2 N–H and O–H groups in total. The summed E-state index contributed by atoms with van der Waals surface area (Å²) in [6, 6.07) is 10.7. The van der Waals surface area contributed by atoms with E-state index in [0.29, 0.717) is 0 Å². The van der Waals surface area contributed by atoms with Crippen LogP contribution in [0.1, 0.15) is 42.7 Å². The maximum Gasteiger partial charge on any atom is 0.130 e. The quantitative estimate of drug-likeness (QED) is 0.818. The molecule has 22 heavy (non-hydrogen) atoms. The predicted octanol–water partition coefficient (Wildman–Crippen LogP) is 4.61. The second-order valence-corrected chi connectivity index (χ2v) is 6.77. The Bertz CT molecular complexity index is 678. The molecule has 2 aliphatic rings. The molecule has 4 heteroatoms. The monoisotopic (exact) mass is 313 g/mol. The average Bonchev–Trinajstić information content (AvgIpc) is 3.38. The minimum Gasteiger partial charge on any atom is -0.340 e. The summed E-state index contributed by atoms with van der Waals surface area (Å²) < 4.78 is 0. The van der Waals surface area contributed by atoms with Gasteiger partial charge in [-0.2, -0.15) is 0 Å². The number of benzene rings is 1. The standard InChI is InChI=1S/C18H20ClN3/c19-14-2-1-3-16(8-14)22-18-9-17(12-4-5-12)13(11-21-18)10-20-15-6-7-15/h1-3,8-9,11-12,15,20H,4-7,10H2,(H,21,22). The minimum atomic E-state index is 0.721. The highest BCUT2D eigenvalue weighted by atomic mass is 35.5. The first-order chi connectivity index (χ1) is 10.8. The molecule has 0 radical (unpaired) electrons. The lowest BCUT2D eigenvalue weighted by molar-refractivity contribution is 0.680. The van der Waals surface area contributed by atoms with E-state index in [1.54, 1.807) is 0 Å². The zero-order chi connectivity index (χ0) is 14.9. The fraction of sp³-hybridized carbons (Fsp3) is 0.389. The van der Waals surface area contributed by atoms with Gasteiger partial charge < -0.3 is 10.6 Å². The summed E-state index contributed by atoms with van der Waals surface area (Å²) in [7, 11) is 0. The second kappa shape index (κ2) is 5.90. The Hall–Kier alpha value is -1.58. The van der Waals surface area contributed by atoms with Gasteiger partial charge in [0.25, 0.3) is 0 Å². The zero-order valence-corrected chi connectivity index (χ0v) is 13.2. The first-order valence-corrected chi connectivity index (χ1v) is 8.40. The molecule has 2 aromatic rings. The number of anilines is 2. The number of hydrogen-bond donors (Lipinski definition) is 2. The van der Waals surface area contributed by atoms with Gasteiger partial charge in [0.05, 0.1) is 0 Å². The van der Waals surface area contributed by atoms with E-state index < -0.39 is 0 Å². The molecule has 0 spiro atoms. The third-order valence-electron chi connectivity index (χ3n) is 4.30. The molecule has 0 atom stereocenters. The van der Waals surface area contributed by atoms with Crippen LogP contribution in [-0.4, -0.2) is 11.0 Å². The Labute approximate surface area is 136 Å². The molecule has 0 unspecified atom stereocenters. The van der Waals surface area contributed by atoms with Crippen molar-refractivity contribution in [2.75, 3.05) is 5.32 Å². The Balaban J connectivity index is 1.53. The number of aromatic nitrogens is 1. The minimum absolute atomic E-state index is 0.721. The van der Waals surface area contributed by atoms with E-state index in [9.17, 15) is 0 Å². The molecule has 1 heterocycles. The molecular weight excluding hydrogens is 294 g/mol. The number of halogens is 1. The van der Waals surface area contributed by atoms with Crippen molar-refractivity contribution in [3.05, 3.63) is 52.7 Å². The van der Waals surface area contributed by atoms with E-state index in [1.165, 1.54) is 36.8 Å². The van der Waals surface area contributed by atoms with Crippen LogP contribution in [0.15, 0.2) is 36.5 Å². The van der Waals surface area contributed by atoms with E-state index in [1.807, 2.05) is 30.5 Å². The Morgan fingerprint density at radius 3 is 2.73 bits per heavy atom. The van der Waals surface area contributed by atoms with Crippen molar-refractivity contribution in [3.8, 4) is 0 Å². The number of rotatable bonds is 6. The number of nitrogens with zero attached hydrogens (tertiary/aromatic N) is 1. The van der Waals surface area contributed by atoms with Crippen molar-refractivity contribution in [2.24, 2.45) is 0 Å². The largest absolute Gasteiger partial charge is 0.340 e. The summed E-state index contributed by atoms with van der Waals surface area (Å²) in [5, 5.41) is 7.68. The lowest BCUT2D eigenvalue weighted by Crippen LogP contribution is -2.16. The van der Waals surface area contributed by atoms with E-state index in [4.69, 9.17) is 11.6 Å². The van der Waals surface area contributed by atoms with Crippen LogP contribution < -0.4 is 10.6 Å². The first-order valence-electron chi connectivity index (χ1n) is 8.03. The third kappa shape index (κ3) is 3.42. The van der Waals surface area contributed by atoms with E-state index in [-0.39, 0.29) is 0 Å². The van der Waals surface area contributed by atoms with Gasteiger partial charge in [-0.15, -0.1) is 0 Å². The van der Waals surface area contributed by atoms with Gasteiger partial charge >= 0.3 is 0 Å². The Morgan fingerprint density at radius 1 is 1.14 bits per heavy atom. The molecule has 0 aliphatic heterocycles. The molecule has 4 rings (SSSR count). The summed E-state index contributed by atoms with van der Waals surface area (Å²) in [5.74, 6) is 1.62. The van der Waals surface area contributed by atoms with Gasteiger partial charge in [-0.1, -0.05) is 17.7 Å². The summed E-state index contributed by atoms with van der Waals surface area (Å²) in [6.07, 6.45) is 7.27. The molecular formula is C18H20ClN3. The Kier molecular flexibility index (Phi) is 3.77. The molecule has 2 aliphatic carbocycles. The first kappa shape index (κ1) is 14.0. The SMILES string of the molecule is Clc1cccc(Nc2cc(C3CC3)c(CNC3CC3)cn2)c1. The van der Waals surface area contributed by atoms with Gasteiger partial charge in [0.15, 0.2) is 0 Å². The van der Waals surface area contributed by atoms with Crippen LogP contribution in [0.5, 0.6) is 0 Å². The molecule has 0 saturated heterocycles. The summed E-state index contributed by atoms with van der Waals surface area (Å²) in [4.78, 5) is 4.58. The normalized spacial score (nSPS) is 17.5. The van der Waals surface area contributed by atoms with Gasteiger partial charge in [0, 0.05) is 29.5 Å². The fourth-order valence-corrected chi connectivity index (χ4v) is 2.94. The van der Waals surface area contributed by atoms with Crippen LogP contribution in [0.25, 0.3) is 0 Å². The molecule has 0 bridgehead atoms. The van der Waals surface area contributed by atoms with Crippen LogP contribution in [0, 0.1) is 0 Å². The number of nitrogens with one attached hydrogen (secondary N) is 2. The molecule has 1 aromatic heterocycles. The van der Waals surface area contributed by atoms with E-state index in [2.05, 4.69) is 21.7 Å². The van der Waals surface area contributed by atoms with Gasteiger partial charge in [-0.3, -0.25) is 0 Å². The van der Waals surface area contributed by atoms with Crippen LogP contribution in [-0.2, 0) is 6.54 Å². The van der Waals surface area contributed by atoms with Gasteiger partial charge in [0.1, 0.15) is 5.82 Å². The van der Waals surface area contributed by atoms with E-state index >= 15 is 0 Å². The van der Waals surface area contributed by atoms with Crippen LogP contribution in [0.4, 0.5) is 11.5 Å². The highest BCUT2D eigenvalue weighted by Gasteiger charge is 2.27. The Morgan fingerprint density at radius 2 is 2.00 bits per heavy atom. The smallest absolute Gasteiger partial charge is 0.130 e. The molecule has 3 nitrogen and oxygen atoms in total. The predicted molar refractivity (Wildman–Crippen MR) is 90.8 cm³/mol. The molecule has 2 fully saturated rings.